The average molecular weight is 273 g/mol. The Bertz CT molecular complexity index is 588. The van der Waals surface area contributed by atoms with E-state index < -0.39 is 0 Å². The maximum Gasteiger partial charge on any atom is 0.268 e. The Kier molecular flexibility index (Phi) is 4.30. The van der Waals surface area contributed by atoms with E-state index >= 15 is 0 Å². The molecule has 0 radical (unpaired) electrons. The van der Waals surface area contributed by atoms with Crippen LogP contribution in [0.4, 0.5) is 5.69 Å². The van der Waals surface area contributed by atoms with Gasteiger partial charge in [0, 0.05) is 19.3 Å². The van der Waals surface area contributed by atoms with Crippen LogP contribution < -0.4 is 15.8 Å². The molecule has 106 valence electrons. The number of amides is 1. The molecule has 20 heavy (non-hydrogen) atoms. The second kappa shape index (κ2) is 6.14. The number of aromatic nitrogens is 1. The van der Waals surface area contributed by atoms with Gasteiger partial charge < -0.3 is 20.4 Å². The minimum absolute atomic E-state index is 0.126. The molecule has 1 aromatic heterocycles. The Labute approximate surface area is 118 Å². The van der Waals surface area contributed by atoms with Crippen LogP contribution in [0.2, 0.25) is 0 Å². The van der Waals surface area contributed by atoms with E-state index in [-0.39, 0.29) is 5.91 Å². The summed E-state index contributed by atoms with van der Waals surface area (Å²) in [4.78, 5) is 12.1. The summed E-state index contributed by atoms with van der Waals surface area (Å²) >= 11 is 0. The van der Waals surface area contributed by atoms with E-state index in [9.17, 15) is 4.79 Å². The normalized spacial score (nSPS) is 10.3. The molecule has 2 rings (SSSR count). The van der Waals surface area contributed by atoms with E-state index in [0.717, 1.165) is 11.3 Å². The molecule has 1 aromatic carbocycles. The number of carbonyl (C=O) groups excluding carboxylic acids is 1. The fourth-order valence-electron chi connectivity index (χ4n) is 2.00. The lowest BCUT2D eigenvalue weighted by atomic mass is 10.2. The number of hydrogen-bond donors (Lipinski definition) is 2. The molecule has 0 aliphatic rings. The fraction of sp³-hybridized carbons (Fsp3) is 0.267. The number of nitrogens with zero attached hydrogens (tertiary/aromatic N) is 1. The number of nitrogen functional groups attached to an aromatic ring is 1. The largest absolute Gasteiger partial charge is 0.497 e. The molecule has 5 heteroatoms. The molecule has 0 unspecified atom stereocenters. The van der Waals surface area contributed by atoms with Gasteiger partial charge >= 0.3 is 0 Å². The Morgan fingerprint density at radius 1 is 1.35 bits per heavy atom. The van der Waals surface area contributed by atoms with Crippen LogP contribution in [0.15, 0.2) is 36.5 Å². The van der Waals surface area contributed by atoms with Crippen LogP contribution >= 0.6 is 0 Å². The molecule has 0 spiro atoms. The van der Waals surface area contributed by atoms with Gasteiger partial charge in [-0.05, 0) is 30.7 Å². The predicted molar refractivity (Wildman–Crippen MR) is 78.7 cm³/mol. The molecule has 1 amide bonds. The molecule has 0 saturated heterocycles. The summed E-state index contributed by atoms with van der Waals surface area (Å²) in [6.07, 6.45) is 1.77. The standard InChI is InChI=1S/C15H19N3O2/c1-3-18-10-12(16)8-14(18)15(19)17-9-11-4-6-13(20-2)7-5-11/h4-8,10H,3,9,16H2,1-2H3,(H,17,19). The first-order chi connectivity index (χ1) is 9.63. The number of methoxy groups -OCH3 is 1. The van der Waals surface area contributed by atoms with Crippen molar-refractivity contribution in [2.24, 2.45) is 0 Å². The number of carbonyl (C=O) groups is 1. The van der Waals surface area contributed by atoms with Crippen molar-refractivity contribution < 1.29 is 9.53 Å². The molecule has 5 nitrogen and oxygen atoms in total. The summed E-state index contributed by atoms with van der Waals surface area (Å²) in [5.41, 5.74) is 7.91. The van der Waals surface area contributed by atoms with Gasteiger partial charge in [-0.15, -0.1) is 0 Å². The quantitative estimate of drug-likeness (QED) is 0.875. The third kappa shape index (κ3) is 3.12. The smallest absolute Gasteiger partial charge is 0.268 e. The number of hydrogen-bond acceptors (Lipinski definition) is 3. The van der Waals surface area contributed by atoms with Gasteiger partial charge in [-0.2, -0.15) is 0 Å². The molecule has 1 heterocycles. The molecule has 0 aliphatic carbocycles. The third-order valence-corrected chi connectivity index (χ3v) is 3.10. The predicted octanol–water partition coefficient (Wildman–Crippen LogP) is 2.03. The molecule has 0 atom stereocenters. The van der Waals surface area contributed by atoms with Gasteiger partial charge in [0.2, 0.25) is 0 Å². The molecule has 0 bridgehead atoms. The van der Waals surface area contributed by atoms with Gasteiger partial charge in [0.25, 0.3) is 5.91 Å². The van der Waals surface area contributed by atoms with Crippen molar-refractivity contribution in [1.29, 1.82) is 0 Å². The Morgan fingerprint density at radius 2 is 2.05 bits per heavy atom. The molecule has 0 aliphatic heterocycles. The lowest BCUT2D eigenvalue weighted by Gasteiger charge is -2.08. The summed E-state index contributed by atoms with van der Waals surface area (Å²) in [7, 11) is 1.63. The van der Waals surface area contributed by atoms with E-state index in [1.54, 1.807) is 19.4 Å². The first-order valence-electron chi connectivity index (χ1n) is 6.50. The van der Waals surface area contributed by atoms with Crippen molar-refractivity contribution in [1.82, 2.24) is 9.88 Å². The summed E-state index contributed by atoms with van der Waals surface area (Å²) in [5.74, 6) is 0.673. The molecule has 2 aromatic rings. The van der Waals surface area contributed by atoms with Crippen molar-refractivity contribution in [2.45, 2.75) is 20.0 Å². The van der Waals surface area contributed by atoms with Crippen LogP contribution in [0.1, 0.15) is 23.0 Å². The third-order valence-electron chi connectivity index (χ3n) is 3.10. The second-order valence-corrected chi connectivity index (χ2v) is 4.48. The zero-order chi connectivity index (χ0) is 14.5. The molecule has 0 saturated carbocycles. The first kappa shape index (κ1) is 14.0. The second-order valence-electron chi connectivity index (χ2n) is 4.48. The van der Waals surface area contributed by atoms with Crippen molar-refractivity contribution in [3.63, 3.8) is 0 Å². The van der Waals surface area contributed by atoms with Gasteiger partial charge in [-0.25, -0.2) is 0 Å². The van der Waals surface area contributed by atoms with Crippen LogP contribution in [-0.4, -0.2) is 17.6 Å². The van der Waals surface area contributed by atoms with Crippen LogP contribution in [-0.2, 0) is 13.1 Å². The number of nitrogens with one attached hydrogen (secondary N) is 1. The Balaban J connectivity index is 2.00. The first-order valence-corrected chi connectivity index (χ1v) is 6.50. The van der Waals surface area contributed by atoms with Crippen LogP contribution in [0.3, 0.4) is 0 Å². The Hall–Kier alpha value is -2.43. The topological polar surface area (TPSA) is 69.3 Å². The Morgan fingerprint density at radius 3 is 2.65 bits per heavy atom. The van der Waals surface area contributed by atoms with Crippen LogP contribution in [0.25, 0.3) is 0 Å². The van der Waals surface area contributed by atoms with Gasteiger partial charge in [0.15, 0.2) is 0 Å². The van der Waals surface area contributed by atoms with E-state index in [0.29, 0.717) is 24.5 Å². The molecular weight excluding hydrogens is 254 g/mol. The lowest BCUT2D eigenvalue weighted by molar-refractivity contribution is 0.0942. The van der Waals surface area contributed by atoms with E-state index in [4.69, 9.17) is 10.5 Å². The lowest BCUT2D eigenvalue weighted by Crippen LogP contribution is -2.25. The fourth-order valence-corrected chi connectivity index (χ4v) is 2.00. The monoisotopic (exact) mass is 273 g/mol. The number of nitrogens with two attached hydrogens (primary N) is 1. The van der Waals surface area contributed by atoms with Crippen LogP contribution in [0, 0.1) is 0 Å². The number of aryl methyl sites for hydroxylation is 1. The SMILES string of the molecule is CCn1cc(N)cc1C(=O)NCc1ccc(OC)cc1. The highest BCUT2D eigenvalue weighted by Gasteiger charge is 2.11. The number of rotatable bonds is 5. The minimum Gasteiger partial charge on any atom is -0.497 e. The highest BCUT2D eigenvalue weighted by molar-refractivity contribution is 5.93. The highest BCUT2D eigenvalue weighted by atomic mass is 16.5. The number of ether oxygens (including phenoxy) is 1. The summed E-state index contributed by atoms with van der Waals surface area (Å²) < 4.78 is 6.92. The van der Waals surface area contributed by atoms with Crippen molar-refractivity contribution in [3.05, 3.63) is 47.8 Å². The zero-order valence-corrected chi connectivity index (χ0v) is 11.7. The van der Waals surface area contributed by atoms with Crippen LogP contribution in [0.5, 0.6) is 5.75 Å². The average Bonchev–Trinajstić information content (AvgIpc) is 2.86. The molecule has 3 N–H and O–H groups in total. The summed E-state index contributed by atoms with van der Waals surface area (Å²) in [6.45, 7) is 3.15. The zero-order valence-electron chi connectivity index (χ0n) is 11.7. The van der Waals surface area contributed by atoms with E-state index in [2.05, 4.69) is 5.32 Å². The maximum atomic E-state index is 12.1. The van der Waals surface area contributed by atoms with Crippen molar-refractivity contribution >= 4 is 11.6 Å². The molecular formula is C15H19N3O2. The van der Waals surface area contributed by atoms with E-state index in [1.807, 2.05) is 35.8 Å². The summed E-state index contributed by atoms with van der Waals surface area (Å²) in [6, 6.07) is 9.27. The maximum absolute atomic E-state index is 12.1. The van der Waals surface area contributed by atoms with Gasteiger partial charge in [0.1, 0.15) is 11.4 Å². The number of benzene rings is 1. The van der Waals surface area contributed by atoms with E-state index in [1.165, 1.54) is 0 Å². The number of anilines is 1. The van der Waals surface area contributed by atoms with Gasteiger partial charge in [-0.1, -0.05) is 12.1 Å². The van der Waals surface area contributed by atoms with Crippen molar-refractivity contribution in [2.75, 3.05) is 12.8 Å². The van der Waals surface area contributed by atoms with Gasteiger partial charge in [-0.3, -0.25) is 4.79 Å². The summed E-state index contributed by atoms with van der Waals surface area (Å²) in [5, 5.41) is 2.88. The van der Waals surface area contributed by atoms with Crippen molar-refractivity contribution in [3.8, 4) is 5.75 Å². The minimum atomic E-state index is -0.126. The highest BCUT2D eigenvalue weighted by Crippen LogP contribution is 2.12. The van der Waals surface area contributed by atoms with Gasteiger partial charge in [0.05, 0.1) is 12.8 Å². The molecule has 0 fully saturated rings.